The first kappa shape index (κ1) is 20.9. The molecule has 0 atom stereocenters. The van der Waals surface area contributed by atoms with Crippen molar-refractivity contribution in [3.05, 3.63) is 65.0 Å². The average molecular weight is 388 g/mol. The van der Waals surface area contributed by atoms with Crippen LogP contribution in [0.25, 0.3) is 0 Å². The minimum atomic E-state index is -0.529. The molecule has 28 heavy (non-hydrogen) atoms. The van der Waals surface area contributed by atoms with E-state index in [-0.39, 0.29) is 31.2 Å². The molecule has 0 aliphatic rings. The number of hydrogen-bond acceptors (Lipinski definition) is 5. The van der Waals surface area contributed by atoms with E-state index in [9.17, 15) is 18.8 Å². The van der Waals surface area contributed by atoms with Crippen LogP contribution < -0.4 is 15.4 Å². The lowest BCUT2D eigenvalue weighted by Gasteiger charge is -2.09. The van der Waals surface area contributed by atoms with E-state index in [1.165, 1.54) is 31.4 Å². The zero-order valence-corrected chi connectivity index (χ0v) is 15.6. The molecule has 2 amide bonds. The molecule has 0 aliphatic heterocycles. The maximum atomic E-state index is 13.5. The van der Waals surface area contributed by atoms with Crippen molar-refractivity contribution in [3.8, 4) is 5.75 Å². The predicted molar refractivity (Wildman–Crippen MR) is 99.8 cm³/mol. The van der Waals surface area contributed by atoms with Crippen LogP contribution in [-0.2, 0) is 9.53 Å². The Hall–Kier alpha value is -3.42. The number of methoxy groups -OCH3 is 1. The monoisotopic (exact) mass is 388 g/mol. The topological polar surface area (TPSA) is 93.7 Å². The Balaban J connectivity index is 1.79. The smallest absolute Gasteiger partial charge is 0.343 e. The molecule has 7 nitrogen and oxygen atoms in total. The van der Waals surface area contributed by atoms with Gasteiger partial charge in [-0.1, -0.05) is 12.1 Å². The summed E-state index contributed by atoms with van der Waals surface area (Å²) in [5.41, 5.74) is 1.01. The van der Waals surface area contributed by atoms with Crippen LogP contribution in [0.3, 0.4) is 0 Å². The van der Waals surface area contributed by atoms with Crippen molar-refractivity contribution in [2.75, 3.05) is 26.8 Å². The summed E-state index contributed by atoms with van der Waals surface area (Å²) in [5, 5.41) is 5.26. The maximum Gasteiger partial charge on any atom is 0.343 e. The summed E-state index contributed by atoms with van der Waals surface area (Å²) in [5.74, 6) is -1.41. The molecule has 148 valence electrons. The van der Waals surface area contributed by atoms with E-state index >= 15 is 0 Å². The van der Waals surface area contributed by atoms with Crippen LogP contribution in [0.1, 0.15) is 26.3 Å². The summed E-state index contributed by atoms with van der Waals surface area (Å²) >= 11 is 0. The van der Waals surface area contributed by atoms with E-state index in [2.05, 4.69) is 15.4 Å². The van der Waals surface area contributed by atoms with Gasteiger partial charge in [-0.25, -0.2) is 9.18 Å². The summed E-state index contributed by atoms with van der Waals surface area (Å²) in [4.78, 5) is 35.2. The standard InChI is InChI=1S/C20H21FN2O5/c1-13-6-7-15(11-17(13)21)20(26)23-9-8-22-19(25)14-4-3-5-16(10-14)28-12-18(24)27-2/h3-7,10-11H,8-9,12H2,1-2H3,(H,22,25)(H,23,26). The Morgan fingerprint density at radius 3 is 2.21 bits per heavy atom. The molecular weight excluding hydrogens is 367 g/mol. The maximum absolute atomic E-state index is 13.5. The van der Waals surface area contributed by atoms with Crippen molar-refractivity contribution in [3.63, 3.8) is 0 Å². The number of aryl methyl sites for hydroxylation is 1. The fourth-order valence-corrected chi connectivity index (χ4v) is 2.22. The SMILES string of the molecule is COC(=O)COc1cccc(C(=O)NCCNC(=O)c2ccc(C)c(F)c2)c1. The molecule has 0 unspecified atom stereocenters. The van der Waals surface area contributed by atoms with Crippen molar-refractivity contribution in [1.82, 2.24) is 10.6 Å². The van der Waals surface area contributed by atoms with Gasteiger partial charge in [-0.2, -0.15) is 0 Å². The van der Waals surface area contributed by atoms with E-state index in [4.69, 9.17) is 4.74 Å². The molecule has 0 aromatic heterocycles. The van der Waals surface area contributed by atoms with Crippen LogP contribution in [0.2, 0.25) is 0 Å². The van der Waals surface area contributed by atoms with Gasteiger partial charge in [0.1, 0.15) is 11.6 Å². The number of amides is 2. The van der Waals surface area contributed by atoms with Crippen LogP contribution in [0.4, 0.5) is 4.39 Å². The van der Waals surface area contributed by atoms with Crippen LogP contribution in [0.5, 0.6) is 5.75 Å². The Labute approximate surface area is 161 Å². The molecule has 2 aromatic rings. The molecular formula is C20H21FN2O5. The number of nitrogens with one attached hydrogen (secondary N) is 2. The van der Waals surface area contributed by atoms with Gasteiger partial charge in [0.25, 0.3) is 11.8 Å². The fraction of sp³-hybridized carbons (Fsp3) is 0.250. The van der Waals surface area contributed by atoms with Gasteiger partial charge in [0.15, 0.2) is 6.61 Å². The fourth-order valence-electron chi connectivity index (χ4n) is 2.22. The Kier molecular flexibility index (Phi) is 7.50. The first-order valence-electron chi connectivity index (χ1n) is 8.53. The second-order valence-corrected chi connectivity index (χ2v) is 5.87. The highest BCUT2D eigenvalue weighted by atomic mass is 19.1. The molecule has 0 saturated carbocycles. The number of ether oxygens (including phenoxy) is 2. The lowest BCUT2D eigenvalue weighted by atomic mass is 10.1. The number of benzene rings is 2. The summed E-state index contributed by atoms with van der Waals surface area (Å²) in [7, 11) is 1.25. The summed E-state index contributed by atoms with van der Waals surface area (Å²) in [6, 6.07) is 10.5. The van der Waals surface area contributed by atoms with Crippen molar-refractivity contribution >= 4 is 17.8 Å². The highest BCUT2D eigenvalue weighted by Crippen LogP contribution is 2.13. The van der Waals surface area contributed by atoms with Gasteiger partial charge in [-0.05, 0) is 42.8 Å². The zero-order valence-electron chi connectivity index (χ0n) is 15.6. The van der Waals surface area contributed by atoms with Gasteiger partial charge >= 0.3 is 5.97 Å². The number of carbonyl (C=O) groups excluding carboxylic acids is 3. The molecule has 0 saturated heterocycles. The van der Waals surface area contributed by atoms with Crippen molar-refractivity contribution < 1.29 is 28.2 Å². The second-order valence-electron chi connectivity index (χ2n) is 5.87. The number of rotatable bonds is 8. The van der Waals surface area contributed by atoms with E-state index in [1.807, 2.05) is 0 Å². The number of esters is 1. The van der Waals surface area contributed by atoms with Crippen molar-refractivity contribution in [2.24, 2.45) is 0 Å². The van der Waals surface area contributed by atoms with Gasteiger partial charge in [0, 0.05) is 24.2 Å². The Morgan fingerprint density at radius 1 is 0.964 bits per heavy atom. The van der Waals surface area contributed by atoms with Gasteiger partial charge < -0.3 is 20.1 Å². The molecule has 2 N–H and O–H groups in total. The minimum absolute atomic E-state index is 0.179. The Morgan fingerprint density at radius 2 is 1.61 bits per heavy atom. The highest BCUT2D eigenvalue weighted by Gasteiger charge is 2.10. The zero-order chi connectivity index (χ0) is 20.5. The summed E-state index contributed by atoms with van der Waals surface area (Å²) < 4.78 is 23.2. The third-order valence-corrected chi connectivity index (χ3v) is 3.81. The van der Waals surface area contributed by atoms with E-state index in [0.29, 0.717) is 16.9 Å². The van der Waals surface area contributed by atoms with Gasteiger partial charge in [-0.15, -0.1) is 0 Å². The minimum Gasteiger partial charge on any atom is -0.482 e. The van der Waals surface area contributed by atoms with E-state index in [0.717, 1.165) is 0 Å². The van der Waals surface area contributed by atoms with Crippen LogP contribution in [0.15, 0.2) is 42.5 Å². The highest BCUT2D eigenvalue weighted by molar-refractivity contribution is 5.95. The van der Waals surface area contributed by atoms with Crippen LogP contribution in [-0.4, -0.2) is 44.6 Å². The molecule has 0 bridgehead atoms. The third kappa shape index (κ3) is 6.08. The predicted octanol–water partition coefficient (Wildman–Crippen LogP) is 1.85. The molecule has 2 rings (SSSR count). The normalized spacial score (nSPS) is 10.1. The van der Waals surface area contributed by atoms with E-state index in [1.54, 1.807) is 25.1 Å². The van der Waals surface area contributed by atoms with Crippen LogP contribution in [0, 0.1) is 12.7 Å². The molecule has 8 heteroatoms. The molecule has 0 fully saturated rings. The lowest BCUT2D eigenvalue weighted by Crippen LogP contribution is -2.34. The largest absolute Gasteiger partial charge is 0.482 e. The van der Waals surface area contributed by atoms with Crippen LogP contribution >= 0.6 is 0 Å². The quantitative estimate of drug-likeness (QED) is 0.532. The van der Waals surface area contributed by atoms with Crippen molar-refractivity contribution in [1.29, 1.82) is 0 Å². The molecule has 0 spiro atoms. The number of halogens is 1. The number of carbonyl (C=O) groups is 3. The first-order valence-corrected chi connectivity index (χ1v) is 8.53. The molecule has 0 radical (unpaired) electrons. The number of hydrogen-bond donors (Lipinski definition) is 2. The van der Waals surface area contributed by atoms with Crippen molar-refractivity contribution in [2.45, 2.75) is 6.92 Å². The first-order chi connectivity index (χ1) is 13.4. The molecule has 0 heterocycles. The summed E-state index contributed by atoms with van der Waals surface area (Å²) in [6.45, 7) is 1.72. The Bertz CT molecular complexity index is 869. The average Bonchev–Trinajstić information content (AvgIpc) is 2.71. The van der Waals surface area contributed by atoms with Gasteiger partial charge in [0.05, 0.1) is 7.11 Å². The summed E-state index contributed by atoms with van der Waals surface area (Å²) in [6.07, 6.45) is 0. The third-order valence-electron chi connectivity index (χ3n) is 3.81. The lowest BCUT2D eigenvalue weighted by molar-refractivity contribution is -0.142. The van der Waals surface area contributed by atoms with E-state index < -0.39 is 17.7 Å². The second kappa shape index (κ2) is 10.1. The molecule has 0 aliphatic carbocycles. The van der Waals surface area contributed by atoms with Gasteiger partial charge in [-0.3, -0.25) is 9.59 Å². The van der Waals surface area contributed by atoms with Gasteiger partial charge in [0.2, 0.25) is 0 Å². The molecule has 2 aromatic carbocycles.